The van der Waals surface area contributed by atoms with Crippen molar-refractivity contribution in [1.29, 1.82) is 0 Å². The van der Waals surface area contributed by atoms with Crippen molar-refractivity contribution in [3.8, 4) is 10.6 Å². The third kappa shape index (κ3) is 3.79. The average Bonchev–Trinajstić information content (AvgIpc) is 2.98. The van der Waals surface area contributed by atoms with Crippen molar-refractivity contribution < 1.29 is 9.15 Å². The first-order chi connectivity index (χ1) is 9.22. The predicted octanol–water partition coefficient (Wildman–Crippen LogP) is 3.14. The van der Waals surface area contributed by atoms with Gasteiger partial charge in [-0.2, -0.15) is 0 Å². The van der Waals surface area contributed by atoms with E-state index in [9.17, 15) is 0 Å². The number of nitrogens with one attached hydrogen (secondary N) is 1. The molecule has 1 N–H and O–H groups in total. The molecule has 0 saturated heterocycles. The molecule has 0 spiro atoms. The Balaban J connectivity index is 1.90. The summed E-state index contributed by atoms with van der Waals surface area (Å²) < 4.78 is 10.7. The van der Waals surface area contributed by atoms with E-state index >= 15 is 0 Å². The van der Waals surface area contributed by atoms with E-state index in [4.69, 9.17) is 20.8 Å². The van der Waals surface area contributed by atoms with Crippen LogP contribution in [-0.2, 0) is 11.2 Å². The maximum absolute atomic E-state index is 6.21. The van der Waals surface area contributed by atoms with Gasteiger partial charge in [-0.3, -0.25) is 0 Å². The fourth-order valence-electron chi connectivity index (χ4n) is 1.62. The highest BCUT2D eigenvalue weighted by Gasteiger charge is 2.13. The molecule has 0 atom stereocenters. The number of ether oxygens (including phenoxy) is 1. The van der Waals surface area contributed by atoms with Crippen molar-refractivity contribution in [3.05, 3.63) is 28.1 Å². The van der Waals surface area contributed by atoms with Gasteiger partial charge < -0.3 is 14.5 Å². The van der Waals surface area contributed by atoms with Gasteiger partial charge in [0, 0.05) is 26.6 Å². The van der Waals surface area contributed by atoms with E-state index in [0.717, 1.165) is 46.6 Å². The molecular formula is C13H17ClN2O2S. The first kappa shape index (κ1) is 14.5. The second-order valence-electron chi connectivity index (χ2n) is 4.17. The van der Waals surface area contributed by atoms with Crippen molar-refractivity contribution in [2.75, 3.05) is 26.8 Å². The van der Waals surface area contributed by atoms with Crippen LogP contribution in [0.1, 0.15) is 11.5 Å². The van der Waals surface area contributed by atoms with Gasteiger partial charge in [-0.15, -0.1) is 11.3 Å². The number of thiophene rings is 1. The normalized spacial score (nSPS) is 11.1. The van der Waals surface area contributed by atoms with E-state index in [1.54, 1.807) is 24.6 Å². The molecule has 0 aliphatic rings. The van der Waals surface area contributed by atoms with Gasteiger partial charge in [-0.1, -0.05) is 11.6 Å². The highest BCUT2D eigenvalue weighted by molar-refractivity contribution is 7.14. The van der Waals surface area contributed by atoms with Crippen LogP contribution < -0.4 is 5.32 Å². The molecule has 0 fully saturated rings. The number of oxazole rings is 1. The number of rotatable bonds is 7. The van der Waals surface area contributed by atoms with Crippen LogP contribution in [0.4, 0.5) is 0 Å². The molecule has 2 aromatic heterocycles. The summed E-state index contributed by atoms with van der Waals surface area (Å²) in [7, 11) is 1.69. The van der Waals surface area contributed by atoms with Crippen LogP contribution in [0.3, 0.4) is 0 Å². The van der Waals surface area contributed by atoms with Gasteiger partial charge >= 0.3 is 0 Å². The monoisotopic (exact) mass is 300 g/mol. The minimum Gasteiger partial charge on any atom is -0.440 e. The highest BCUT2D eigenvalue weighted by atomic mass is 35.5. The standard InChI is InChI=1S/C13H17ClN2O2S/c1-9-8-19-13(12(9)14)10-7-16-11(18-10)3-4-15-5-6-17-2/h7-8,15H,3-6H2,1-2H3. The molecule has 0 amide bonds. The van der Waals surface area contributed by atoms with Crippen LogP contribution in [0.2, 0.25) is 5.02 Å². The van der Waals surface area contributed by atoms with Crippen LogP contribution in [0, 0.1) is 6.92 Å². The molecule has 0 aliphatic carbocycles. The molecule has 6 heteroatoms. The van der Waals surface area contributed by atoms with E-state index in [1.807, 2.05) is 12.3 Å². The summed E-state index contributed by atoms with van der Waals surface area (Å²) >= 11 is 7.79. The molecule has 4 nitrogen and oxygen atoms in total. The number of halogens is 1. The molecule has 2 heterocycles. The molecular weight excluding hydrogens is 284 g/mol. The molecule has 0 radical (unpaired) electrons. The van der Waals surface area contributed by atoms with Crippen molar-refractivity contribution in [2.24, 2.45) is 0 Å². The first-order valence-corrected chi connectivity index (χ1v) is 7.36. The lowest BCUT2D eigenvalue weighted by atomic mass is 10.3. The average molecular weight is 301 g/mol. The Kier molecular flexibility index (Phi) is 5.39. The predicted molar refractivity (Wildman–Crippen MR) is 78.0 cm³/mol. The van der Waals surface area contributed by atoms with Gasteiger partial charge in [0.25, 0.3) is 0 Å². The van der Waals surface area contributed by atoms with Crippen molar-refractivity contribution in [3.63, 3.8) is 0 Å². The van der Waals surface area contributed by atoms with Crippen LogP contribution in [0.15, 0.2) is 16.0 Å². The molecule has 0 saturated carbocycles. The topological polar surface area (TPSA) is 47.3 Å². The number of aryl methyl sites for hydroxylation is 1. The SMILES string of the molecule is COCCNCCc1ncc(-c2scc(C)c2Cl)o1. The van der Waals surface area contributed by atoms with Crippen LogP contribution >= 0.6 is 22.9 Å². The van der Waals surface area contributed by atoms with Crippen LogP contribution in [0.5, 0.6) is 0 Å². The summed E-state index contributed by atoms with van der Waals surface area (Å²) in [5.74, 6) is 1.47. The lowest BCUT2D eigenvalue weighted by Gasteiger charge is -2.01. The second kappa shape index (κ2) is 7.05. The minimum absolute atomic E-state index is 0.709. The van der Waals surface area contributed by atoms with Crippen LogP contribution in [-0.4, -0.2) is 31.8 Å². The summed E-state index contributed by atoms with van der Waals surface area (Å²) in [5.41, 5.74) is 1.07. The number of hydrogen-bond donors (Lipinski definition) is 1. The van der Waals surface area contributed by atoms with Gasteiger partial charge in [0.1, 0.15) is 0 Å². The molecule has 0 unspecified atom stereocenters. The second-order valence-corrected chi connectivity index (χ2v) is 5.43. The maximum atomic E-state index is 6.21. The third-order valence-corrected chi connectivity index (χ3v) is 4.39. The summed E-state index contributed by atoms with van der Waals surface area (Å²) in [6.07, 6.45) is 2.49. The Morgan fingerprint density at radius 2 is 2.32 bits per heavy atom. The van der Waals surface area contributed by atoms with Crippen molar-refractivity contribution >= 4 is 22.9 Å². The Labute approximate surface area is 121 Å². The van der Waals surface area contributed by atoms with Gasteiger partial charge in [-0.05, 0) is 17.9 Å². The highest BCUT2D eigenvalue weighted by Crippen LogP contribution is 2.36. The fourth-order valence-corrected chi connectivity index (χ4v) is 2.85. The van der Waals surface area contributed by atoms with E-state index < -0.39 is 0 Å². The zero-order valence-electron chi connectivity index (χ0n) is 11.0. The third-order valence-electron chi connectivity index (χ3n) is 2.68. The number of aromatic nitrogens is 1. The van der Waals surface area contributed by atoms with E-state index in [-0.39, 0.29) is 0 Å². The quantitative estimate of drug-likeness (QED) is 0.798. The zero-order valence-corrected chi connectivity index (χ0v) is 12.6. The summed E-state index contributed by atoms with van der Waals surface area (Å²) in [6.45, 7) is 4.35. The Hall–Kier alpha value is -0.880. The molecule has 2 aromatic rings. The molecule has 0 aromatic carbocycles. The zero-order chi connectivity index (χ0) is 13.7. The number of hydrogen-bond acceptors (Lipinski definition) is 5. The molecule has 0 bridgehead atoms. The Morgan fingerprint density at radius 3 is 3.00 bits per heavy atom. The first-order valence-electron chi connectivity index (χ1n) is 6.10. The fraction of sp³-hybridized carbons (Fsp3) is 0.462. The largest absolute Gasteiger partial charge is 0.440 e. The van der Waals surface area contributed by atoms with Crippen molar-refractivity contribution in [1.82, 2.24) is 10.3 Å². The maximum Gasteiger partial charge on any atom is 0.196 e. The Bertz CT molecular complexity index is 524. The number of nitrogens with zero attached hydrogens (tertiary/aromatic N) is 1. The van der Waals surface area contributed by atoms with E-state index in [0.29, 0.717) is 6.61 Å². The minimum atomic E-state index is 0.709. The van der Waals surface area contributed by atoms with Gasteiger partial charge in [-0.25, -0.2) is 4.98 Å². The van der Waals surface area contributed by atoms with Crippen molar-refractivity contribution in [2.45, 2.75) is 13.3 Å². The van der Waals surface area contributed by atoms with Gasteiger partial charge in [0.05, 0.1) is 22.7 Å². The smallest absolute Gasteiger partial charge is 0.196 e. The number of methoxy groups -OCH3 is 1. The lowest BCUT2D eigenvalue weighted by Crippen LogP contribution is -2.21. The molecule has 2 rings (SSSR count). The van der Waals surface area contributed by atoms with Crippen LogP contribution in [0.25, 0.3) is 10.6 Å². The molecule has 19 heavy (non-hydrogen) atoms. The molecule has 0 aliphatic heterocycles. The van der Waals surface area contributed by atoms with E-state index in [2.05, 4.69) is 10.3 Å². The molecule has 104 valence electrons. The summed E-state index contributed by atoms with van der Waals surface area (Å²) in [5, 5.41) is 6.03. The summed E-state index contributed by atoms with van der Waals surface area (Å²) in [4.78, 5) is 5.22. The summed E-state index contributed by atoms with van der Waals surface area (Å²) in [6, 6.07) is 0. The van der Waals surface area contributed by atoms with E-state index in [1.165, 1.54) is 0 Å². The van der Waals surface area contributed by atoms with Gasteiger partial charge in [0.15, 0.2) is 11.7 Å². The van der Waals surface area contributed by atoms with Gasteiger partial charge in [0.2, 0.25) is 0 Å². The Morgan fingerprint density at radius 1 is 1.47 bits per heavy atom. The lowest BCUT2D eigenvalue weighted by molar-refractivity contribution is 0.199.